The Morgan fingerprint density at radius 1 is 1.30 bits per heavy atom. The number of hydrogen-bond donors (Lipinski definition) is 1. The molecule has 0 aromatic heterocycles. The Bertz CT molecular complexity index is 405. The van der Waals surface area contributed by atoms with Crippen LogP contribution in [0.2, 0.25) is 0 Å². The van der Waals surface area contributed by atoms with Crippen molar-refractivity contribution in [1.29, 1.82) is 0 Å². The maximum Gasteiger partial charge on any atom is 0.387 e. The molecule has 6 heteroatoms. The van der Waals surface area contributed by atoms with Crippen LogP contribution in [-0.4, -0.2) is 44.9 Å². The van der Waals surface area contributed by atoms with E-state index in [1.165, 1.54) is 6.07 Å². The maximum absolute atomic E-state index is 12.5. The van der Waals surface area contributed by atoms with E-state index in [1.54, 1.807) is 25.3 Å². The molecule has 0 aliphatic rings. The molecule has 0 heterocycles. The van der Waals surface area contributed by atoms with E-state index in [-0.39, 0.29) is 17.8 Å². The van der Waals surface area contributed by atoms with Gasteiger partial charge in [-0.15, -0.1) is 0 Å². The first-order valence-corrected chi connectivity index (χ1v) is 6.45. The summed E-state index contributed by atoms with van der Waals surface area (Å²) in [5, 5.41) is 0. The number of rotatable bonds is 8. The smallest absolute Gasteiger partial charge is 0.387 e. The molecule has 4 nitrogen and oxygen atoms in total. The Labute approximate surface area is 118 Å². The first-order chi connectivity index (χ1) is 9.51. The molecule has 0 fully saturated rings. The van der Waals surface area contributed by atoms with Crippen LogP contribution < -0.4 is 10.5 Å². The van der Waals surface area contributed by atoms with Crippen LogP contribution in [0.25, 0.3) is 0 Å². The molecule has 0 bridgehead atoms. The number of methoxy groups -OCH3 is 1. The summed E-state index contributed by atoms with van der Waals surface area (Å²) in [4.78, 5) is 2.00. The summed E-state index contributed by atoms with van der Waals surface area (Å²) in [6, 6.07) is 6.62. The number of alkyl halides is 2. The molecule has 0 aliphatic carbocycles. The van der Waals surface area contributed by atoms with E-state index >= 15 is 0 Å². The molecular weight excluding hydrogens is 266 g/mol. The van der Waals surface area contributed by atoms with Gasteiger partial charge in [-0.05, 0) is 20.0 Å². The summed E-state index contributed by atoms with van der Waals surface area (Å²) in [6.45, 7) is -0.0295. The fourth-order valence-electron chi connectivity index (χ4n) is 2.14. The number of para-hydroxylation sites is 1. The number of hydrogen-bond acceptors (Lipinski definition) is 4. The molecule has 0 saturated heterocycles. The molecule has 0 aliphatic heterocycles. The summed E-state index contributed by atoms with van der Waals surface area (Å²) >= 11 is 0. The molecule has 2 atom stereocenters. The van der Waals surface area contributed by atoms with Crippen molar-refractivity contribution < 1.29 is 18.3 Å². The normalized spacial score (nSPS) is 14.6. The summed E-state index contributed by atoms with van der Waals surface area (Å²) in [5.41, 5.74) is 6.47. The number of likely N-dealkylation sites (N-methyl/N-ethyl adjacent to an activating group) is 1. The summed E-state index contributed by atoms with van der Waals surface area (Å²) in [6.07, 6.45) is 0. The third-order valence-corrected chi connectivity index (χ3v) is 3.31. The average Bonchev–Trinajstić information content (AvgIpc) is 2.41. The minimum atomic E-state index is -2.85. The number of benzene rings is 1. The van der Waals surface area contributed by atoms with Crippen molar-refractivity contribution in [2.45, 2.75) is 25.6 Å². The minimum absolute atomic E-state index is 0.105. The highest BCUT2D eigenvalue weighted by Crippen LogP contribution is 2.30. The van der Waals surface area contributed by atoms with Gasteiger partial charge in [0.1, 0.15) is 5.75 Å². The summed E-state index contributed by atoms with van der Waals surface area (Å²) < 4.78 is 34.6. The first kappa shape index (κ1) is 16.8. The topological polar surface area (TPSA) is 47.7 Å². The monoisotopic (exact) mass is 288 g/mol. The molecule has 0 spiro atoms. The van der Waals surface area contributed by atoms with Crippen LogP contribution in [0.15, 0.2) is 24.3 Å². The molecule has 1 aromatic carbocycles. The predicted octanol–water partition coefficient (Wildman–Crippen LogP) is 2.25. The lowest BCUT2D eigenvalue weighted by Crippen LogP contribution is -2.39. The fourth-order valence-corrected chi connectivity index (χ4v) is 2.14. The predicted molar refractivity (Wildman–Crippen MR) is 74.0 cm³/mol. The average molecular weight is 288 g/mol. The zero-order valence-corrected chi connectivity index (χ0v) is 12.1. The Kier molecular flexibility index (Phi) is 6.84. The van der Waals surface area contributed by atoms with Crippen LogP contribution in [0.1, 0.15) is 18.5 Å². The number of halogens is 2. The Morgan fingerprint density at radius 3 is 2.50 bits per heavy atom. The molecular formula is C14H22F2N2O2. The fraction of sp³-hybridized carbons (Fsp3) is 0.571. The van der Waals surface area contributed by atoms with E-state index in [2.05, 4.69) is 4.74 Å². The lowest BCUT2D eigenvalue weighted by atomic mass is 10.0. The van der Waals surface area contributed by atoms with E-state index in [0.29, 0.717) is 18.7 Å². The van der Waals surface area contributed by atoms with Gasteiger partial charge in [0.25, 0.3) is 0 Å². The lowest BCUT2D eigenvalue weighted by Gasteiger charge is -2.33. The van der Waals surface area contributed by atoms with Crippen LogP contribution in [0, 0.1) is 0 Å². The highest BCUT2D eigenvalue weighted by atomic mass is 19.3. The zero-order chi connectivity index (χ0) is 15.1. The number of nitrogens with zero attached hydrogens (tertiary/aromatic N) is 1. The van der Waals surface area contributed by atoms with Crippen molar-refractivity contribution in [3.63, 3.8) is 0 Å². The van der Waals surface area contributed by atoms with Gasteiger partial charge < -0.3 is 15.2 Å². The molecule has 0 saturated carbocycles. The highest BCUT2D eigenvalue weighted by molar-refractivity contribution is 5.36. The van der Waals surface area contributed by atoms with Crippen molar-refractivity contribution in [1.82, 2.24) is 4.90 Å². The number of ether oxygens (including phenoxy) is 2. The molecule has 20 heavy (non-hydrogen) atoms. The van der Waals surface area contributed by atoms with Crippen molar-refractivity contribution >= 4 is 0 Å². The van der Waals surface area contributed by atoms with Gasteiger partial charge in [0, 0.05) is 25.3 Å². The lowest BCUT2D eigenvalue weighted by molar-refractivity contribution is -0.0513. The van der Waals surface area contributed by atoms with Gasteiger partial charge in [-0.2, -0.15) is 8.78 Å². The van der Waals surface area contributed by atoms with Gasteiger partial charge in [0.2, 0.25) is 0 Å². The second kappa shape index (κ2) is 8.14. The van der Waals surface area contributed by atoms with Crippen LogP contribution in [0.3, 0.4) is 0 Å². The van der Waals surface area contributed by atoms with E-state index in [4.69, 9.17) is 10.5 Å². The first-order valence-electron chi connectivity index (χ1n) is 6.45. The van der Waals surface area contributed by atoms with E-state index < -0.39 is 6.61 Å². The standard InChI is InChI=1S/C14H22F2N2O2/c1-10(9-19-3)18(2)12(8-17)11-6-4-5-7-13(11)20-14(15)16/h4-7,10,12,14H,8-9,17H2,1-3H3. The van der Waals surface area contributed by atoms with Gasteiger partial charge in [0.05, 0.1) is 12.6 Å². The van der Waals surface area contributed by atoms with E-state index in [9.17, 15) is 8.78 Å². The Morgan fingerprint density at radius 2 is 1.95 bits per heavy atom. The zero-order valence-electron chi connectivity index (χ0n) is 12.1. The van der Waals surface area contributed by atoms with Crippen LogP contribution in [0.4, 0.5) is 8.78 Å². The second-order valence-electron chi connectivity index (χ2n) is 4.64. The quantitative estimate of drug-likeness (QED) is 0.797. The number of nitrogens with two attached hydrogens (primary N) is 1. The van der Waals surface area contributed by atoms with Crippen LogP contribution in [-0.2, 0) is 4.74 Å². The molecule has 0 radical (unpaired) electrons. The van der Waals surface area contributed by atoms with Gasteiger partial charge in [-0.3, -0.25) is 4.90 Å². The van der Waals surface area contributed by atoms with Crippen molar-refractivity contribution in [3.8, 4) is 5.75 Å². The third-order valence-electron chi connectivity index (χ3n) is 3.31. The Balaban J connectivity index is 2.99. The van der Waals surface area contributed by atoms with Gasteiger partial charge in [0.15, 0.2) is 0 Å². The van der Waals surface area contributed by atoms with Crippen molar-refractivity contribution in [2.75, 3.05) is 27.3 Å². The second-order valence-corrected chi connectivity index (χ2v) is 4.64. The van der Waals surface area contributed by atoms with E-state index in [1.807, 2.05) is 18.9 Å². The van der Waals surface area contributed by atoms with Crippen LogP contribution >= 0.6 is 0 Å². The molecule has 0 amide bonds. The highest BCUT2D eigenvalue weighted by Gasteiger charge is 2.24. The molecule has 2 N–H and O–H groups in total. The van der Waals surface area contributed by atoms with E-state index in [0.717, 1.165) is 0 Å². The molecule has 1 aromatic rings. The summed E-state index contributed by atoms with van der Waals surface area (Å²) in [5.74, 6) is 0.161. The molecule has 2 unspecified atom stereocenters. The summed E-state index contributed by atoms with van der Waals surface area (Å²) in [7, 11) is 3.51. The van der Waals surface area contributed by atoms with Gasteiger partial charge in [-0.1, -0.05) is 18.2 Å². The van der Waals surface area contributed by atoms with Gasteiger partial charge >= 0.3 is 6.61 Å². The molecule has 1 rings (SSSR count). The third kappa shape index (κ3) is 4.40. The van der Waals surface area contributed by atoms with Crippen molar-refractivity contribution in [3.05, 3.63) is 29.8 Å². The van der Waals surface area contributed by atoms with Crippen molar-refractivity contribution in [2.24, 2.45) is 5.73 Å². The minimum Gasteiger partial charge on any atom is -0.434 e. The maximum atomic E-state index is 12.5. The SMILES string of the molecule is COCC(C)N(C)C(CN)c1ccccc1OC(F)F. The largest absolute Gasteiger partial charge is 0.434 e. The Hall–Kier alpha value is -1.24. The van der Waals surface area contributed by atoms with Crippen LogP contribution in [0.5, 0.6) is 5.75 Å². The molecule has 114 valence electrons. The van der Waals surface area contributed by atoms with Gasteiger partial charge in [-0.25, -0.2) is 0 Å².